The second-order valence-electron chi connectivity index (χ2n) is 14.4. The maximum absolute atomic E-state index is 6.93. The Bertz CT molecular complexity index is 3180. The van der Waals surface area contributed by atoms with Gasteiger partial charge in [-0.15, -0.1) is 0 Å². The zero-order valence-electron chi connectivity index (χ0n) is 29.3. The molecule has 1 spiro atoms. The van der Waals surface area contributed by atoms with Crippen LogP contribution in [0.1, 0.15) is 27.8 Å². The highest BCUT2D eigenvalue weighted by Crippen LogP contribution is 2.64. The van der Waals surface area contributed by atoms with Crippen LogP contribution < -0.4 is 9.64 Å². The first-order valence-corrected chi connectivity index (χ1v) is 18.4. The summed E-state index contributed by atoms with van der Waals surface area (Å²) in [5, 5.41) is 4.32. The molecular formula is C50H31NO3. The molecule has 1 atom stereocenters. The number of furan rings is 2. The first kappa shape index (κ1) is 29.5. The summed E-state index contributed by atoms with van der Waals surface area (Å²) in [4.78, 5) is 2.37. The molecule has 2 aliphatic rings. The fraction of sp³-hybridized carbons (Fsp3) is 0.0400. The lowest BCUT2D eigenvalue weighted by Gasteiger charge is -2.39. The van der Waals surface area contributed by atoms with Gasteiger partial charge >= 0.3 is 0 Å². The van der Waals surface area contributed by atoms with E-state index in [9.17, 15) is 0 Å². The molecule has 0 fully saturated rings. The number of fused-ring (bicyclic) bond motifs is 16. The Balaban J connectivity index is 1.19. The van der Waals surface area contributed by atoms with Gasteiger partial charge in [-0.2, -0.15) is 0 Å². The molecule has 0 amide bonds. The number of hydrogen-bond donors (Lipinski definition) is 0. The maximum atomic E-state index is 6.93. The third-order valence-electron chi connectivity index (χ3n) is 11.7. The van der Waals surface area contributed by atoms with E-state index in [2.05, 4.69) is 157 Å². The van der Waals surface area contributed by atoms with E-state index in [-0.39, 0.29) is 0 Å². The van der Waals surface area contributed by atoms with E-state index in [1.807, 2.05) is 24.3 Å². The van der Waals surface area contributed by atoms with E-state index in [1.54, 1.807) is 0 Å². The third kappa shape index (κ3) is 3.76. The molecule has 254 valence electrons. The Morgan fingerprint density at radius 2 is 1.07 bits per heavy atom. The third-order valence-corrected chi connectivity index (χ3v) is 11.7. The van der Waals surface area contributed by atoms with E-state index >= 15 is 0 Å². The summed E-state index contributed by atoms with van der Waals surface area (Å²) in [6.45, 7) is 2.18. The van der Waals surface area contributed by atoms with Gasteiger partial charge in [0.15, 0.2) is 16.9 Å². The molecule has 0 N–H and O–H groups in total. The molecule has 4 heteroatoms. The molecule has 0 saturated heterocycles. The fourth-order valence-electron chi connectivity index (χ4n) is 9.40. The van der Waals surface area contributed by atoms with Crippen LogP contribution in [0.25, 0.3) is 55.0 Å². The van der Waals surface area contributed by atoms with Gasteiger partial charge in [0.25, 0.3) is 0 Å². The summed E-state index contributed by atoms with van der Waals surface area (Å²) < 4.78 is 20.3. The van der Waals surface area contributed by atoms with Gasteiger partial charge in [0.2, 0.25) is 0 Å². The number of para-hydroxylation sites is 5. The lowest BCUT2D eigenvalue weighted by Crippen LogP contribution is -2.32. The summed E-state index contributed by atoms with van der Waals surface area (Å²) in [7, 11) is 0. The van der Waals surface area contributed by atoms with Crippen molar-refractivity contribution in [3.05, 3.63) is 198 Å². The summed E-state index contributed by atoms with van der Waals surface area (Å²) in [5.74, 6) is 1.59. The van der Waals surface area contributed by atoms with Crippen LogP contribution in [0.4, 0.5) is 17.1 Å². The summed E-state index contributed by atoms with van der Waals surface area (Å²) in [5.41, 5.74) is 14.0. The minimum atomic E-state index is -0.679. The van der Waals surface area contributed by atoms with Gasteiger partial charge in [-0.05, 0) is 83.3 Å². The van der Waals surface area contributed by atoms with Gasteiger partial charge < -0.3 is 18.5 Å². The summed E-state index contributed by atoms with van der Waals surface area (Å²) in [6.07, 6.45) is 0. The Kier molecular flexibility index (Phi) is 5.88. The van der Waals surface area contributed by atoms with E-state index in [0.717, 1.165) is 89.1 Å². The molecule has 12 rings (SSSR count). The summed E-state index contributed by atoms with van der Waals surface area (Å²) in [6, 6.07) is 60.4. The number of aryl methyl sites for hydroxylation is 1. The van der Waals surface area contributed by atoms with Crippen molar-refractivity contribution in [1.29, 1.82) is 0 Å². The molecule has 10 aromatic rings. The second kappa shape index (κ2) is 10.8. The topological polar surface area (TPSA) is 38.8 Å². The van der Waals surface area contributed by atoms with Crippen molar-refractivity contribution in [3.8, 4) is 22.6 Å². The molecule has 2 aromatic heterocycles. The van der Waals surface area contributed by atoms with Crippen LogP contribution >= 0.6 is 0 Å². The number of anilines is 3. The molecule has 4 nitrogen and oxygen atoms in total. The van der Waals surface area contributed by atoms with Crippen molar-refractivity contribution in [2.24, 2.45) is 0 Å². The fourth-order valence-corrected chi connectivity index (χ4v) is 9.40. The van der Waals surface area contributed by atoms with E-state index in [4.69, 9.17) is 13.6 Å². The largest absolute Gasteiger partial charge is 0.454 e. The van der Waals surface area contributed by atoms with Crippen LogP contribution in [-0.2, 0) is 5.41 Å². The van der Waals surface area contributed by atoms with Gasteiger partial charge in [0, 0.05) is 44.0 Å². The van der Waals surface area contributed by atoms with Gasteiger partial charge in [-0.1, -0.05) is 121 Å². The molecule has 1 aliphatic carbocycles. The van der Waals surface area contributed by atoms with Gasteiger partial charge in [-0.25, -0.2) is 0 Å². The SMILES string of the molecule is Cc1ccccc1N(c1ccc2c(c1)C1(c3ccccc3Oc3c1ccc1c3oc3ccccc31)c1ccccc1-2)c1cccc2c1oc1ccccc12. The van der Waals surface area contributed by atoms with Crippen molar-refractivity contribution < 1.29 is 13.6 Å². The highest BCUT2D eigenvalue weighted by molar-refractivity contribution is 6.11. The van der Waals surface area contributed by atoms with Gasteiger partial charge in [0.1, 0.15) is 16.9 Å². The smallest absolute Gasteiger partial charge is 0.178 e. The summed E-state index contributed by atoms with van der Waals surface area (Å²) >= 11 is 0. The predicted octanol–water partition coefficient (Wildman–Crippen LogP) is 13.7. The lowest BCUT2D eigenvalue weighted by atomic mass is 9.66. The monoisotopic (exact) mass is 693 g/mol. The number of benzene rings is 8. The van der Waals surface area contributed by atoms with E-state index in [1.165, 1.54) is 22.3 Å². The Morgan fingerprint density at radius 1 is 0.444 bits per heavy atom. The average Bonchev–Trinajstić information content (AvgIpc) is 3.88. The molecule has 1 unspecified atom stereocenters. The molecule has 0 bridgehead atoms. The zero-order chi connectivity index (χ0) is 35.5. The predicted molar refractivity (Wildman–Crippen MR) is 218 cm³/mol. The Hall–Kier alpha value is -7.04. The minimum Gasteiger partial charge on any atom is -0.454 e. The highest BCUT2D eigenvalue weighted by atomic mass is 16.5. The molecule has 8 aromatic carbocycles. The van der Waals surface area contributed by atoms with Crippen molar-refractivity contribution in [2.75, 3.05) is 4.90 Å². The Labute approximate surface area is 311 Å². The van der Waals surface area contributed by atoms with Crippen LogP contribution in [0.15, 0.2) is 179 Å². The molecular weight excluding hydrogens is 663 g/mol. The van der Waals surface area contributed by atoms with Gasteiger partial charge in [0.05, 0.1) is 11.1 Å². The minimum absolute atomic E-state index is 0.679. The molecule has 0 radical (unpaired) electrons. The first-order chi connectivity index (χ1) is 26.7. The van der Waals surface area contributed by atoms with Crippen molar-refractivity contribution in [1.82, 2.24) is 0 Å². The standard InChI is InChI=1S/C50H31NO3/c1-30-13-2-8-20-42(30)51(43-21-12-17-36-34-15-4-9-22-44(34)52-47(36)43)31-25-26-33-32-14-3-6-18-38(32)50(41(33)29-31)39-19-7-11-24-46(39)54-49-40(50)28-27-37-35-16-5-10-23-45(35)53-48(37)49/h2-29H,1H3. The quantitative estimate of drug-likeness (QED) is 0.185. The first-order valence-electron chi connectivity index (χ1n) is 18.4. The Morgan fingerprint density at radius 3 is 1.91 bits per heavy atom. The van der Waals surface area contributed by atoms with Crippen molar-refractivity contribution >= 4 is 60.9 Å². The van der Waals surface area contributed by atoms with Crippen LogP contribution in [0, 0.1) is 6.92 Å². The van der Waals surface area contributed by atoms with E-state index < -0.39 is 5.41 Å². The molecule has 0 saturated carbocycles. The van der Waals surface area contributed by atoms with Crippen LogP contribution in [0.2, 0.25) is 0 Å². The number of hydrogen-bond acceptors (Lipinski definition) is 4. The second-order valence-corrected chi connectivity index (χ2v) is 14.4. The normalized spacial score (nSPS) is 15.4. The van der Waals surface area contributed by atoms with Crippen molar-refractivity contribution in [2.45, 2.75) is 12.3 Å². The van der Waals surface area contributed by atoms with Crippen LogP contribution in [-0.4, -0.2) is 0 Å². The number of nitrogens with zero attached hydrogens (tertiary/aromatic N) is 1. The number of ether oxygens (including phenoxy) is 1. The van der Waals surface area contributed by atoms with E-state index in [0.29, 0.717) is 0 Å². The van der Waals surface area contributed by atoms with Crippen LogP contribution in [0.5, 0.6) is 11.5 Å². The highest BCUT2D eigenvalue weighted by Gasteiger charge is 2.52. The maximum Gasteiger partial charge on any atom is 0.178 e. The molecule has 1 aliphatic heterocycles. The average molecular weight is 694 g/mol. The van der Waals surface area contributed by atoms with Crippen molar-refractivity contribution in [3.63, 3.8) is 0 Å². The number of rotatable bonds is 3. The van der Waals surface area contributed by atoms with Gasteiger partial charge in [-0.3, -0.25) is 0 Å². The molecule has 54 heavy (non-hydrogen) atoms. The lowest BCUT2D eigenvalue weighted by molar-refractivity contribution is 0.432. The zero-order valence-corrected chi connectivity index (χ0v) is 29.3. The molecule has 3 heterocycles. The van der Waals surface area contributed by atoms with Crippen LogP contribution in [0.3, 0.4) is 0 Å².